The van der Waals surface area contributed by atoms with Gasteiger partial charge in [-0.25, -0.2) is 0 Å². The predicted molar refractivity (Wildman–Crippen MR) is 73.1 cm³/mol. The summed E-state index contributed by atoms with van der Waals surface area (Å²) in [6.45, 7) is 7.05. The van der Waals surface area contributed by atoms with Crippen molar-refractivity contribution in [3.05, 3.63) is 36.3 Å². The molecule has 0 aliphatic heterocycles. The van der Waals surface area contributed by atoms with Crippen LogP contribution in [0.3, 0.4) is 0 Å². The smallest absolute Gasteiger partial charge is 0.0697 e. The molecule has 0 spiro atoms. The molecule has 4 nitrogen and oxygen atoms in total. The van der Waals surface area contributed by atoms with Gasteiger partial charge in [0, 0.05) is 37.2 Å². The lowest BCUT2D eigenvalue weighted by molar-refractivity contribution is 0.665. The first-order valence-corrected chi connectivity index (χ1v) is 6.52. The SMILES string of the molecule is CCCNCc1cncc(-c2ccnn2CC)c1. The monoisotopic (exact) mass is 244 g/mol. The summed E-state index contributed by atoms with van der Waals surface area (Å²) in [6.07, 6.45) is 6.79. The molecular formula is C14H20N4. The summed E-state index contributed by atoms with van der Waals surface area (Å²) in [5.74, 6) is 0. The van der Waals surface area contributed by atoms with Crippen LogP contribution in [-0.4, -0.2) is 21.3 Å². The van der Waals surface area contributed by atoms with Crippen LogP contribution in [0.15, 0.2) is 30.7 Å². The van der Waals surface area contributed by atoms with Gasteiger partial charge in [-0.2, -0.15) is 5.10 Å². The Hall–Kier alpha value is -1.68. The molecule has 0 saturated heterocycles. The number of nitrogens with one attached hydrogen (secondary N) is 1. The zero-order chi connectivity index (χ0) is 12.8. The molecule has 0 bridgehead atoms. The second-order valence-corrected chi connectivity index (χ2v) is 4.29. The number of rotatable bonds is 6. The van der Waals surface area contributed by atoms with E-state index in [1.807, 2.05) is 29.3 Å². The topological polar surface area (TPSA) is 42.7 Å². The quantitative estimate of drug-likeness (QED) is 0.794. The Bertz CT molecular complexity index is 490. The van der Waals surface area contributed by atoms with Gasteiger partial charge in [-0.15, -0.1) is 0 Å². The maximum atomic E-state index is 4.31. The standard InChI is InChI=1S/C14H20N4/c1-3-6-15-9-12-8-13(11-16-10-12)14-5-7-17-18(14)4-2/h5,7-8,10-11,15H,3-4,6,9H2,1-2H3. The molecule has 0 aromatic carbocycles. The average molecular weight is 244 g/mol. The fourth-order valence-corrected chi connectivity index (χ4v) is 1.96. The van der Waals surface area contributed by atoms with Crippen LogP contribution in [0.5, 0.6) is 0 Å². The van der Waals surface area contributed by atoms with E-state index in [1.54, 1.807) is 0 Å². The number of hydrogen-bond acceptors (Lipinski definition) is 3. The first-order chi connectivity index (χ1) is 8.85. The Kier molecular flexibility index (Phi) is 4.47. The van der Waals surface area contributed by atoms with E-state index in [0.717, 1.165) is 37.3 Å². The van der Waals surface area contributed by atoms with Crippen LogP contribution < -0.4 is 5.32 Å². The van der Waals surface area contributed by atoms with Crippen molar-refractivity contribution in [1.82, 2.24) is 20.1 Å². The van der Waals surface area contributed by atoms with Crippen LogP contribution in [0, 0.1) is 0 Å². The lowest BCUT2D eigenvalue weighted by Gasteiger charge is -2.07. The van der Waals surface area contributed by atoms with Gasteiger partial charge in [-0.05, 0) is 37.6 Å². The Morgan fingerprint density at radius 2 is 2.17 bits per heavy atom. The summed E-state index contributed by atoms with van der Waals surface area (Å²) in [6, 6.07) is 4.21. The van der Waals surface area contributed by atoms with Gasteiger partial charge in [0.15, 0.2) is 0 Å². The Morgan fingerprint density at radius 1 is 1.28 bits per heavy atom. The van der Waals surface area contributed by atoms with E-state index in [1.165, 1.54) is 5.56 Å². The lowest BCUT2D eigenvalue weighted by atomic mass is 10.1. The third kappa shape index (κ3) is 2.96. The molecule has 0 unspecified atom stereocenters. The highest BCUT2D eigenvalue weighted by atomic mass is 15.3. The summed E-state index contributed by atoms with van der Waals surface area (Å²) in [5, 5.41) is 7.68. The fraction of sp³-hybridized carbons (Fsp3) is 0.429. The van der Waals surface area contributed by atoms with Crippen molar-refractivity contribution in [2.45, 2.75) is 33.4 Å². The van der Waals surface area contributed by atoms with Crippen molar-refractivity contribution < 1.29 is 0 Å². The van der Waals surface area contributed by atoms with Gasteiger partial charge in [0.25, 0.3) is 0 Å². The second-order valence-electron chi connectivity index (χ2n) is 4.29. The van der Waals surface area contributed by atoms with Crippen LogP contribution in [0.25, 0.3) is 11.3 Å². The molecule has 18 heavy (non-hydrogen) atoms. The van der Waals surface area contributed by atoms with E-state index in [2.05, 4.69) is 35.3 Å². The van der Waals surface area contributed by atoms with E-state index >= 15 is 0 Å². The molecular weight excluding hydrogens is 224 g/mol. The van der Waals surface area contributed by atoms with E-state index in [9.17, 15) is 0 Å². The minimum Gasteiger partial charge on any atom is -0.313 e. The largest absolute Gasteiger partial charge is 0.313 e. The summed E-state index contributed by atoms with van der Waals surface area (Å²) in [7, 11) is 0. The first-order valence-electron chi connectivity index (χ1n) is 6.52. The highest BCUT2D eigenvalue weighted by Gasteiger charge is 2.05. The number of pyridine rings is 1. The molecule has 4 heteroatoms. The molecule has 0 fully saturated rings. The fourth-order valence-electron chi connectivity index (χ4n) is 1.96. The Morgan fingerprint density at radius 3 is 2.94 bits per heavy atom. The van der Waals surface area contributed by atoms with E-state index in [-0.39, 0.29) is 0 Å². The number of nitrogens with zero attached hydrogens (tertiary/aromatic N) is 3. The van der Waals surface area contributed by atoms with Crippen molar-refractivity contribution in [3.8, 4) is 11.3 Å². The zero-order valence-electron chi connectivity index (χ0n) is 11.1. The highest BCUT2D eigenvalue weighted by molar-refractivity contribution is 5.58. The molecule has 2 aromatic heterocycles. The van der Waals surface area contributed by atoms with Crippen molar-refractivity contribution in [3.63, 3.8) is 0 Å². The predicted octanol–water partition coefficient (Wildman–Crippen LogP) is 2.46. The van der Waals surface area contributed by atoms with Crippen LogP contribution in [0.1, 0.15) is 25.8 Å². The summed E-state index contributed by atoms with van der Waals surface area (Å²) in [5.41, 5.74) is 3.47. The van der Waals surface area contributed by atoms with Crippen LogP contribution in [0.2, 0.25) is 0 Å². The molecule has 0 aliphatic rings. The molecule has 0 aliphatic carbocycles. The first kappa shape index (κ1) is 12.8. The summed E-state index contributed by atoms with van der Waals surface area (Å²) >= 11 is 0. The Labute approximate surface area is 108 Å². The summed E-state index contributed by atoms with van der Waals surface area (Å²) in [4.78, 5) is 4.31. The molecule has 96 valence electrons. The van der Waals surface area contributed by atoms with Crippen molar-refractivity contribution in [2.75, 3.05) is 6.54 Å². The molecule has 0 saturated carbocycles. The van der Waals surface area contributed by atoms with Crippen molar-refractivity contribution in [1.29, 1.82) is 0 Å². The van der Waals surface area contributed by atoms with Crippen molar-refractivity contribution in [2.24, 2.45) is 0 Å². The molecule has 1 N–H and O–H groups in total. The second kappa shape index (κ2) is 6.31. The normalized spacial score (nSPS) is 10.8. The van der Waals surface area contributed by atoms with Gasteiger partial charge in [0.1, 0.15) is 0 Å². The van der Waals surface area contributed by atoms with Crippen LogP contribution in [-0.2, 0) is 13.1 Å². The average Bonchev–Trinajstić information content (AvgIpc) is 2.88. The number of aryl methyl sites for hydroxylation is 1. The van der Waals surface area contributed by atoms with Gasteiger partial charge in [-0.3, -0.25) is 9.67 Å². The Balaban J connectivity index is 2.16. The zero-order valence-corrected chi connectivity index (χ0v) is 11.1. The molecule has 0 amide bonds. The summed E-state index contributed by atoms with van der Waals surface area (Å²) < 4.78 is 1.99. The lowest BCUT2D eigenvalue weighted by Crippen LogP contribution is -2.14. The van der Waals surface area contributed by atoms with Gasteiger partial charge >= 0.3 is 0 Å². The molecule has 0 radical (unpaired) electrons. The van der Waals surface area contributed by atoms with Gasteiger partial charge in [0.2, 0.25) is 0 Å². The van der Waals surface area contributed by atoms with E-state index < -0.39 is 0 Å². The molecule has 2 heterocycles. The molecule has 2 rings (SSSR count). The van der Waals surface area contributed by atoms with Gasteiger partial charge < -0.3 is 5.32 Å². The van der Waals surface area contributed by atoms with E-state index in [0.29, 0.717) is 0 Å². The highest BCUT2D eigenvalue weighted by Crippen LogP contribution is 2.18. The number of hydrogen-bond donors (Lipinski definition) is 1. The van der Waals surface area contributed by atoms with Gasteiger partial charge in [0.05, 0.1) is 5.69 Å². The third-order valence-corrected chi connectivity index (χ3v) is 2.86. The van der Waals surface area contributed by atoms with E-state index in [4.69, 9.17) is 0 Å². The maximum Gasteiger partial charge on any atom is 0.0697 e. The van der Waals surface area contributed by atoms with Crippen molar-refractivity contribution >= 4 is 0 Å². The molecule has 2 aromatic rings. The minimum atomic E-state index is 0.870. The van der Waals surface area contributed by atoms with Crippen LogP contribution in [0.4, 0.5) is 0 Å². The molecule has 0 atom stereocenters. The maximum absolute atomic E-state index is 4.31. The van der Waals surface area contributed by atoms with Crippen LogP contribution >= 0.6 is 0 Å². The number of aromatic nitrogens is 3. The van der Waals surface area contributed by atoms with Gasteiger partial charge in [-0.1, -0.05) is 6.92 Å². The minimum absolute atomic E-state index is 0.870. The third-order valence-electron chi connectivity index (χ3n) is 2.86.